The lowest BCUT2D eigenvalue weighted by Gasteiger charge is -2.31. The number of nitrogens with zero attached hydrogens (tertiary/aromatic N) is 1. The minimum atomic E-state index is 0.251. The minimum Gasteiger partial charge on any atom is -0.312 e. The molecule has 0 radical (unpaired) electrons. The maximum Gasteiger partial charge on any atom is 0.0157 e. The van der Waals surface area contributed by atoms with Gasteiger partial charge in [-0.25, -0.2) is 0 Å². The molecule has 2 nitrogen and oxygen atoms in total. The maximum atomic E-state index is 3.55. The average Bonchev–Trinajstić information content (AvgIpc) is 2.22. The summed E-state index contributed by atoms with van der Waals surface area (Å²) in [6.45, 7) is 12.5. The van der Waals surface area contributed by atoms with Crippen molar-refractivity contribution >= 4 is 11.8 Å². The fraction of sp³-hybridized carbons (Fsp3) is 1.00. The molecule has 2 atom stereocenters. The first-order chi connectivity index (χ1) is 7.78. The molecular weight excluding hydrogens is 228 g/mol. The van der Waals surface area contributed by atoms with Crippen LogP contribution in [0, 0.1) is 0 Å². The highest BCUT2D eigenvalue weighted by molar-refractivity contribution is 7.98. The summed E-state index contributed by atoms with van der Waals surface area (Å²) in [7, 11) is 2.25. The number of hydrogen-bond donors (Lipinski definition) is 1. The standard InChI is InChI=1S/C14H32N2S/c1-12(16(6)13(2)11-17-7)9-8-10-15-14(3,4)5/h12-13,15H,8-11H2,1-7H3. The zero-order chi connectivity index (χ0) is 13.5. The largest absolute Gasteiger partial charge is 0.312 e. The van der Waals surface area contributed by atoms with E-state index in [0.29, 0.717) is 12.1 Å². The molecule has 0 aromatic rings. The lowest BCUT2D eigenvalue weighted by Crippen LogP contribution is -2.40. The van der Waals surface area contributed by atoms with Crippen molar-refractivity contribution < 1.29 is 0 Å². The van der Waals surface area contributed by atoms with Gasteiger partial charge in [-0.15, -0.1) is 0 Å². The Labute approximate surface area is 113 Å². The van der Waals surface area contributed by atoms with Crippen LogP contribution in [0.3, 0.4) is 0 Å². The van der Waals surface area contributed by atoms with Crippen molar-refractivity contribution in [2.45, 2.75) is 65.1 Å². The molecule has 0 saturated heterocycles. The van der Waals surface area contributed by atoms with Crippen molar-refractivity contribution in [3.63, 3.8) is 0 Å². The molecule has 0 heterocycles. The maximum absolute atomic E-state index is 3.55. The predicted molar refractivity (Wildman–Crippen MR) is 82.1 cm³/mol. The molecule has 0 amide bonds. The molecule has 104 valence electrons. The molecular formula is C14H32N2S. The second-order valence-corrected chi connectivity index (χ2v) is 7.05. The highest BCUT2D eigenvalue weighted by Crippen LogP contribution is 2.11. The van der Waals surface area contributed by atoms with Crippen LogP contribution in [0.1, 0.15) is 47.5 Å². The van der Waals surface area contributed by atoms with E-state index >= 15 is 0 Å². The van der Waals surface area contributed by atoms with Gasteiger partial charge in [0.1, 0.15) is 0 Å². The van der Waals surface area contributed by atoms with Gasteiger partial charge in [0.25, 0.3) is 0 Å². The first-order valence-electron chi connectivity index (χ1n) is 6.74. The number of thioether (sulfide) groups is 1. The van der Waals surface area contributed by atoms with E-state index in [0.717, 1.165) is 6.54 Å². The van der Waals surface area contributed by atoms with Crippen LogP contribution >= 0.6 is 11.8 Å². The van der Waals surface area contributed by atoms with E-state index in [1.54, 1.807) is 0 Å². The van der Waals surface area contributed by atoms with E-state index in [4.69, 9.17) is 0 Å². The SMILES string of the molecule is CSCC(C)N(C)C(C)CCCNC(C)(C)C. The van der Waals surface area contributed by atoms with Crippen LogP contribution in [0.15, 0.2) is 0 Å². The fourth-order valence-corrected chi connectivity index (χ4v) is 2.58. The van der Waals surface area contributed by atoms with E-state index in [1.807, 2.05) is 11.8 Å². The Hall–Kier alpha value is 0.270. The first kappa shape index (κ1) is 17.3. The Morgan fingerprint density at radius 3 is 2.24 bits per heavy atom. The van der Waals surface area contributed by atoms with E-state index < -0.39 is 0 Å². The molecule has 0 fully saturated rings. The van der Waals surface area contributed by atoms with Crippen molar-refractivity contribution in [2.24, 2.45) is 0 Å². The Morgan fingerprint density at radius 1 is 1.18 bits per heavy atom. The third-order valence-corrected chi connectivity index (χ3v) is 4.07. The molecule has 0 aliphatic rings. The molecule has 0 aromatic heterocycles. The quantitative estimate of drug-likeness (QED) is 0.675. The summed E-state index contributed by atoms with van der Waals surface area (Å²) < 4.78 is 0. The van der Waals surface area contributed by atoms with Crippen molar-refractivity contribution in [2.75, 3.05) is 25.6 Å². The number of nitrogens with one attached hydrogen (secondary N) is 1. The summed E-state index contributed by atoms with van der Waals surface area (Å²) in [5.41, 5.74) is 0.251. The van der Waals surface area contributed by atoms with Crippen molar-refractivity contribution in [3.8, 4) is 0 Å². The molecule has 0 aliphatic carbocycles. The van der Waals surface area contributed by atoms with Gasteiger partial charge in [0.2, 0.25) is 0 Å². The van der Waals surface area contributed by atoms with Crippen molar-refractivity contribution in [3.05, 3.63) is 0 Å². The summed E-state index contributed by atoms with van der Waals surface area (Å²) in [6, 6.07) is 1.36. The Kier molecular flexibility index (Phi) is 8.52. The molecule has 0 aliphatic heterocycles. The lowest BCUT2D eigenvalue weighted by atomic mass is 10.1. The molecule has 0 aromatic carbocycles. The van der Waals surface area contributed by atoms with Crippen LogP contribution in [0.5, 0.6) is 0 Å². The Balaban J connectivity index is 3.74. The van der Waals surface area contributed by atoms with Crippen LogP contribution in [-0.4, -0.2) is 48.1 Å². The minimum absolute atomic E-state index is 0.251. The van der Waals surface area contributed by atoms with Gasteiger partial charge in [-0.1, -0.05) is 0 Å². The first-order valence-corrected chi connectivity index (χ1v) is 8.13. The van der Waals surface area contributed by atoms with Crippen LogP contribution in [0.25, 0.3) is 0 Å². The normalized spacial score (nSPS) is 16.2. The highest BCUT2D eigenvalue weighted by atomic mass is 32.2. The van der Waals surface area contributed by atoms with Gasteiger partial charge in [0.05, 0.1) is 0 Å². The van der Waals surface area contributed by atoms with E-state index in [9.17, 15) is 0 Å². The topological polar surface area (TPSA) is 15.3 Å². The van der Waals surface area contributed by atoms with Crippen molar-refractivity contribution in [1.82, 2.24) is 10.2 Å². The zero-order valence-electron chi connectivity index (χ0n) is 12.8. The summed E-state index contributed by atoms with van der Waals surface area (Å²) in [6.07, 6.45) is 4.72. The molecule has 17 heavy (non-hydrogen) atoms. The van der Waals surface area contributed by atoms with Crippen LogP contribution in [-0.2, 0) is 0 Å². The lowest BCUT2D eigenvalue weighted by molar-refractivity contribution is 0.198. The molecule has 0 bridgehead atoms. The van der Waals surface area contributed by atoms with Crippen LogP contribution in [0.2, 0.25) is 0 Å². The van der Waals surface area contributed by atoms with E-state index in [2.05, 4.69) is 58.1 Å². The monoisotopic (exact) mass is 260 g/mol. The summed E-state index contributed by atoms with van der Waals surface area (Å²) in [4.78, 5) is 2.51. The number of rotatable bonds is 8. The van der Waals surface area contributed by atoms with Gasteiger partial charge < -0.3 is 10.2 Å². The van der Waals surface area contributed by atoms with Crippen molar-refractivity contribution in [1.29, 1.82) is 0 Å². The van der Waals surface area contributed by atoms with E-state index in [-0.39, 0.29) is 5.54 Å². The van der Waals surface area contributed by atoms with Gasteiger partial charge in [-0.3, -0.25) is 0 Å². The Morgan fingerprint density at radius 2 is 1.76 bits per heavy atom. The average molecular weight is 260 g/mol. The van der Waals surface area contributed by atoms with Crippen LogP contribution in [0.4, 0.5) is 0 Å². The molecule has 0 spiro atoms. The third-order valence-electron chi connectivity index (χ3n) is 3.25. The van der Waals surface area contributed by atoms with Gasteiger partial charge in [-0.05, 0) is 67.3 Å². The molecule has 0 rings (SSSR count). The summed E-state index contributed by atoms with van der Waals surface area (Å²) in [5.74, 6) is 1.22. The molecule has 0 saturated carbocycles. The van der Waals surface area contributed by atoms with Gasteiger partial charge in [0, 0.05) is 23.4 Å². The van der Waals surface area contributed by atoms with Gasteiger partial charge in [0.15, 0.2) is 0 Å². The summed E-state index contributed by atoms with van der Waals surface area (Å²) >= 11 is 1.93. The Bertz CT molecular complexity index is 189. The smallest absolute Gasteiger partial charge is 0.0157 e. The molecule has 2 unspecified atom stereocenters. The van der Waals surface area contributed by atoms with Crippen LogP contribution < -0.4 is 5.32 Å². The fourth-order valence-electron chi connectivity index (χ4n) is 1.86. The number of hydrogen-bond acceptors (Lipinski definition) is 3. The van der Waals surface area contributed by atoms with E-state index in [1.165, 1.54) is 18.6 Å². The summed E-state index contributed by atoms with van der Waals surface area (Å²) in [5, 5.41) is 3.55. The highest BCUT2D eigenvalue weighted by Gasteiger charge is 2.15. The third kappa shape index (κ3) is 8.92. The zero-order valence-corrected chi connectivity index (χ0v) is 13.7. The second kappa shape index (κ2) is 8.39. The van der Waals surface area contributed by atoms with Gasteiger partial charge in [-0.2, -0.15) is 11.8 Å². The van der Waals surface area contributed by atoms with Gasteiger partial charge >= 0.3 is 0 Å². The predicted octanol–water partition coefficient (Wildman–Crippen LogP) is 3.23. The second-order valence-electron chi connectivity index (χ2n) is 6.14. The molecule has 1 N–H and O–H groups in total. The molecule has 3 heteroatoms.